The van der Waals surface area contributed by atoms with Crippen LogP contribution in [0.2, 0.25) is 0 Å². The highest BCUT2D eigenvalue weighted by molar-refractivity contribution is 7.10. The van der Waals surface area contributed by atoms with Crippen molar-refractivity contribution in [2.75, 3.05) is 13.1 Å². The lowest BCUT2D eigenvalue weighted by Gasteiger charge is -2.29. The molecular formula is C18H30N2O2S. The summed E-state index contributed by atoms with van der Waals surface area (Å²) in [6, 6.07) is 2.83. The second-order valence-electron chi connectivity index (χ2n) is 7.40. The molecule has 2 rings (SSSR count). The third kappa shape index (κ3) is 5.21. The van der Waals surface area contributed by atoms with Gasteiger partial charge in [-0.2, -0.15) is 0 Å². The van der Waals surface area contributed by atoms with Gasteiger partial charge in [0.15, 0.2) is 0 Å². The molecule has 23 heavy (non-hydrogen) atoms. The molecular weight excluding hydrogens is 308 g/mol. The molecule has 2 atom stereocenters. The van der Waals surface area contributed by atoms with Gasteiger partial charge in [-0.3, -0.25) is 0 Å². The first-order valence-electron chi connectivity index (χ1n) is 8.55. The summed E-state index contributed by atoms with van der Waals surface area (Å²) in [6.45, 7) is 11.9. The highest BCUT2D eigenvalue weighted by Gasteiger charge is 2.31. The predicted octanol–water partition coefficient (Wildman–Crippen LogP) is 4.50. The molecule has 1 aliphatic heterocycles. The molecule has 0 radical (unpaired) electrons. The lowest BCUT2D eigenvalue weighted by molar-refractivity contribution is 0.0220. The lowest BCUT2D eigenvalue weighted by atomic mass is 10.1. The number of thiophene rings is 1. The summed E-state index contributed by atoms with van der Waals surface area (Å²) in [4.78, 5) is 15.6. The maximum Gasteiger partial charge on any atom is 0.410 e. The second kappa shape index (κ2) is 7.67. The highest BCUT2D eigenvalue weighted by atomic mass is 32.1. The number of amides is 1. The Labute approximate surface area is 144 Å². The van der Waals surface area contributed by atoms with E-state index in [-0.39, 0.29) is 6.09 Å². The van der Waals surface area contributed by atoms with Gasteiger partial charge in [0.25, 0.3) is 0 Å². The van der Waals surface area contributed by atoms with Crippen molar-refractivity contribution in [3.8, 4) is 0 Å². The van der Waals surface area contributed by atoms with E-state index in [1.807, 2.05) is 25.7 Å². The monoisotopic (exact) mass is 338 g/mol. The van der Waals surface area contributed by atoms with Gasteiger partial charge in [0, 0.05) is 23.5 Å². The normalized spacial score (nSPS) is 19.9. The van der Waals surface area contributed by atoms with Gasteiger partial charge >= 0.3 is 6.09 Å². The van der Waals surface area contributed by atoms with Crippen LogP contribution < -0.4 is 5.32 Å². The standard InChI is InChI=1S/C18H30N2O2S/c1-13-9-12-23-16(13)14(2)19-10-8-15-7-6-11-20(15)17(21)22-18(3,4)5/h9,12,14-15,19H,6-8,10-11H2,1-5H3. The summed E-state index contributed by atoms with van der Waals surface area (Å²) in [5.41, 5.74) is 0.930. The number of likely N-dealkylation sites (tertiary alicyclic amines) is 1. The summed E-state index contributed by atoms with van der Waals surface area (Å²) in [7, 11) is 0. The first kappa shape index (κ1) is 18.3. The van der Waals surface area contributed by atoms with Gasteiger partial charge in [0.05, 0.1) is 0 Å². The Morgan fingerprint density at radius 1 is 1.52 bits per heavy atom. The van der Waals surface area contributed by atoms with Crippen LogP contribution in [0.1, 0.15) is 63.4 Å². The first-order valence-corrected chi connectivity index (χ1v) is 9.43. The number of rotatable bonds is 5. The third-order valence-corrected chi connectivity index (χ3v) is 5.43. The summed E-state index contributed by atoms with van der Waals surface area (Å²) < 4.78 is 5.52. The van der Waals surface area contributed by atoms with Crippen LogP contribution in [-0.4, -0.2) is 35.7 Å². The predicted molar refractivity (Wildman–Crippen MR) is 96.1 cm³/mol. The number of nitrogens with one attached hydrogen (secondary N) is 1. The van der Waals surface area contributed by atoms with Crippen LogP contribution in [0.5, 0.6) is 0 Å². The Morgan fingerprint density at radius 2 is 2.26 bits per heavy atom. The van der Waals surface area contributed by atoms with E-state index in [1.54, 1.807) is 11.3 Å². The number of hydrogen-bond donors (Lipinski definition) is 1. The topological polar surface area (TPSA) is 41.6 Å². The molecule has 1 aromatic rings. The minimum absolute atomic E-state index is 0.165. The van der Waals surface area contributed by atoms with Crippen LogP contribution >= 0.6 is 11.3 Å². The first-order chi connectivity index (χ1) is 10.8. The van der Waals surface area contributed by atoms with Gasteiger partial charge in [-0.15, -0.1) is 11.3 Å². The number of carbonyl (C=O) groups excluding carboxylic acids is 1. The highest BCUT2D eigenvalue weighted by Crippen LogP contribution is 2.25. The van der Waals surface area contributed by atoms with E-state index in [9.17, 15) is 4.79 Å². The average Bonchev–Trinajstić information content (AvgIpc) is 3.05. The van der Waals surface area contributed by atoms with E-state index in [0.717, 1.165) is 32.4 Å². The molecule has 5 heteroatoms. The maximum atomic E-state index is 12.3. The minimum atomic E-state index is -0.423. The minimum Gasteiger partial charge on any atom is -0.444 e. The zero-order valence-electron chi connectivity index (χ0n) is 15.0. The average molecular weight is 339 g/mol. The zero-order valence-corrected chi connectivity index (χ0v) is 15.8. The van der Waals surface area contributed by atoms with Gasteiger partial charge in [-0.25, -0.2) is 4.79 Å². The van der Waals surface area contributed by atoms with Crippen molar-refractivity contribution >= 4 is 17.4 Å². The molecule has 0 bridgehead atoms. The molecule has 0 aromatic carbocycles. The number of carbonyl (C=O) groups is 1. The van der Waals surface area contributed by atoms with Crippen molar-refractivity contribution in [2.45, 2.75) is 71.6 Å². The Bertz CT molecular complexity index is 521. The van der Waals surface area contributed by atoms with Crippen LogP contribution in [0.4, 0.5) is 4.79 Å². The van der Waals surface area contributed by atoms with E-state index in [1.165, 1.54) is 10.4 Å². The van der Waals surface area contributed by atoms with Crippen LogP contribution in [-0.2, 0) is 4.74 Å². The quantitative estimate of drug-likeness (QED) is 0.859. The molecule has 1 saturated heterocycles. The van der Waals surface area contributed by atoms with Gasteiger partial charge in [0.1, 0.15) is 5.60 Å². The van der Waals surface area contributed by atoms with Crippen LogP contribution in [0.15, 0.2) is 11.4 Å². The van der Waals surface area contributed by atoms with Crippen molar-refractivity contribution in [1.29, 1.82) is 0 Å². The molecule has 130 valence electrons. The van der Waals surface area contributed by atoms with E-state index in [4.69, 9.17) is 4.74 Å². The Hall–Kier alpha value is -1.07. The van der Waals surface area contributed by atoms with Crippen LogP contribution in [0.3, 0.4) is 0 Å². The summed E-state index contributed by atoms with van der Waals surface area (Å²) in [5.74, 6) is 0. The molecule has 0 aliphatic carbocycles. The van der Waals surface area contributed by atoms with Crippen molar-refractivity contribution < 1.29 is 9.53 Å². The summed E-state index contributed by atoms with van der Waals surface area (Å²) >= 11 is 1.81. The Morgan fingerprint density at radius 3 is 2.87 bits per heavy atom. The van der Waals surface area contributed by atoms with Gasteiger partial charge in [0.2, 0.25) is 0 Å². The summed E-state index contributed by atoms with van der Waals surface area (Å²) in [6.07, 6.45) is 2.97. The second-order valence-corrected chi connectivity index (χ2v) is 8.35. The van der Waals surface area contributed by atoms with Crippen molar-refractivity contribution in [2.24, 2.45) is 0 Å². The third-order valence-electron chi connectivity index (χ3n) is 4.23. The molecule has 1 amide bonds. The van der Waals surface area contributed by atoms with Crippen molar-refractivity contribution in [3.63, 3.8) is 0 Å². The molecule has 1 aromatic heterocycles. The number of aryl methyl sites for hydroxylation is 1. The molecule has 2 unspecified atom stereocenters. The van der Waals surface area contributed by atoms with E-state index in [2.05, 4.69) is 30.6 Å². The van der Waals surface area contributed by atoms with Gasteiger partial charge < -0.3 is 15.0 Å². The Balaban J connectivity index is 1.80. The fraction of sp³-hybridized carbons (Fsp3) is 0.722. The fourth-order valence-electron chi connectivity index (χ4n) is 3.08. The molecule has 0 saturated carbocycles. The molecule has 4 nitrogen and oxygen atoms in total. The maximum absolute atomic E-state index is 12.3. The van der Waals surface area contributed by atoms with E-state index >= 15 is 0 Å². The molecule has 2 heterocycles. The van der Waals surface area contributed by atoms with E-state index in [0.29, 0.717) is 12.1 Å². The SMILES string of the molecule is Cc1ccsc1C(C)NCCC1CCCN1C(=O)OC(C)(C)C. The van der Waals surface area contributed by atoms with Crippen molar-refractivity contribution in [3.05, 3.63) is 21.9 Å². The molecule has 0 spiro atoms. The molecule has 1 aliphatic rings. The van der Waals surface area contributed by atoms with E-state index < -0.39 is 5.60 Å². The van der Waals surface area contributed by atoms with Gasteiger partial charge in [-0.1, -0.05) is 0 Å². The number of ether oxygens (including phenoxy) is 1. The number of nitrogens with zero attached hydrogens (tertiary/aromatic N) is 1. The molecule has 1 fully saturated rings. The smallest absolute Gasteiger partial charge is 0.410 e. The zero-order chi connectivity index (χ0) is 17.0. The largest absolute Gasteiger partial charge is 0.444 e. The fourth-order valence-corrected chi connectivity index (χ4v) is 4.04. The van der Waals surface area contributed by atoms with Crippen LogP contribution in [0, 0.1) is 6.92 Å². The Kier molecular flexibility index (Phi) is 6.09. The summed E-state index contributed by atoms with van der Waals surface area (Å²) in [5, 5.41) is 5.74. The lowest BCUT2D eigenvalue weighted by Crippen LogP contribution is -2.41. The number of hydrogen-bond acceptors (Lipinski definition) is 4. The van der Waals surface area contributed by atoms with Gasteiger partial charge in [-0.05, 0) is 77.4 Å². The van der Waals surface area contributed by atoms with Crippen LogP contribution in [0.25, 0.3) is 0 Å². The van der Waals surface area contributed by atoms with Crippen molar-refractivity contribution in [1.82, 2.24) is 10.2 Å². The molecule has 1 N–H and O–H groups in total.